The van der Waals surface area contributed by atoms with E-state index in [1.54, 1.807) is 12.1 Å². The Hall–Kier alpha value is -0.930. The highest BCUT2D eigenvalue weighted by molar-refractivity contribution is 5.17. The van der Waals surface area contributed by atoms with E-state index in [1.807, 2.05) is 12.1 Å². The maximum Gasteiger partial charge on any atom is 0.127 e. The van der Waals surface area contributed by atoms with Crippen LogP contribution in [0.5, 0.6) is 0 Å². The Morgan fingerprint density at radius 2 is 1.84 bits per heavy atom. The summed E-state index contributed by atoms with van der Waals surface area (Å²) in [5.41, 5.74) is 0.828. The molecular weight excluding hydrogens is 241 g/mol. The van der Waals surface area contributed by atoms with E-state index in [0.29, 0.717) is 6.04 Å². The molecule has 1 aliphatic heterocycles. The van der Waals surface area contributed by atoms with E-state index in [0.717, 1.165) is 50.6 Å². The number of hydrogen-bond donors (Lipinski definition) is 0. The molecule has 19 heavy (non-hydrogen) atoms. The van der Waals surface area contributed by atoms with Crippen LogP contribution in [0.3, 0.4) is 0 Å². The highest BCUT2D eigenvalue weighted by Gasteiger charge is 2.29. The number of benzene rings is 1. The Morgan fingerprint density at radius 3 is 2.53 bits per heavy atom. The maximum absolute atomic E-state index is 13.8. The predicted molar refractivity (Wildman–Crippen MR) is 73.4 cm³/mol. The number of ether oxygens (including phenoxy) is 1. The first-order valence-corrected chi connectivity index (χ1v) is 7.38. The molecule has 1 saturated heterocycles. The smallest absolute Gasteiger partial charge is 0.127 e. The molecule has 0 radical (unpaired) electrons. The number of halogens is 1. The lowest BCUT2D eigenvalue weighted by atomic mass is 10.0. The van der Waals surface area contributed by atoms with Gasteiger partial charge in [0.05, 0.1) is 0 Å². The van der Waals surface area contributed by atoms with Gasteiger partial charge in [-0.15, -0.1) is 0 Å². The van der Waals surface area contributed by atoms with Gasteiger partial charge in [-0.25, -0.2) is 4.39 Å². The van der Waals surface area contributed by atoms with Gasteiger partial charge in [-0.05, 0) is 37.7 Å². The second-order valence-electron chi connectivity index (χ2n) is 5.81. The minimum Gasteiger partial charge on any atom is -0.381 e. The molecular formula is C16H22FNO. The fourth-order valence-corrected chi connectivity index (χ4v) is 2.87. The minimum absolute atomic E-state index is 0.0737. The molecule has 0 bridgehead atoms. The lowest BCUT2D eigenvalue weighted by Gasteiger charge is -2.34. The van der Waals surface area contributed by atoms with Crippen molar-refractivity contribution in [2.45, 2.75) is 38.3 Å². The van der Waals surface area contributed by atoms with Crippen molar-refractivity contribution in [3.63, 3.8) is 0 Å². The quantitative estimate of drug-likeness (QED) is 0.809. The topological polar surface area (TPSA) is 12.5 Å². The zero-order valence-electron chi connectivity index (χ0n) is 11.4. The second-order valence-corrected chi connectivity index (χ2v) is 5.81. The first-order chi connectivity index (χ1) is 9.33. The molecule has 3 heteroatoms. The summed E-state index contributed by atoms with van der Waals surface area (Å²) in [6, 6.07) is 7.73. The largest absolute Gasteiger partial charge is 0.381 e. The fraction of sp³-hybridized carbons (Fsp3) is 0.625. The zero-order chi connectivity index (χ0) is 13.1. The molecule has 0 atom stereocenters. The van der Waals surface area contributed by atoms with E-state index in [4.69, 9.17) is 4.74 Å². The van der Waals surface area contributed by atoms with E-state index in [-0.39, 0.29) is 5.82 Å². The Balaban J connectivity index is 1.69. The lowest BCUT2D eigenvalue weighted by molar-refractivity contribution is 0.0288. The zero-order valence-corrected chi connectivity index (χ0v) is 11.4. The summed E-state index contributed by atoms with van der Waals surface area (Å²) in [6.45, 7) is 3.57. The molecule has 0 amide bonds. The van der Waals surface area contributed by atoms with Crippen LogP contribution < -0.4 is 0 Å². The maximum atomic E-state index is 13.8. The molecule has 0 spiro atoms. The van der Waals surface area contributed by atoms with Crippen molar-refractivity contribution in [2.24, 2.45) is 5.92 Å². The van der Waals surface area contributed by atoms with Crippen LogP contribution in [0.4, 0.5) is 4.39 Å². The number of rotatable bonds is 5. The van der Waals surface area contributed by atoms with Crippen LogP contribution in [0, 0.1) is 11.7 Å². The summed E-state index contributed by atoms with van der Waals surface area (Å²) in [6.07, 6.45) is 4.86. The average molecular weight is 263 g/mol. The van der Waals surface area contributed by atoms with Crippen molar-refractivity contribution >= 4 is 0 Å². The van der Waals surface area contributed by atoms with E-state index in [9.17, 15) is 4.39 Å². The standard InChI is InChI=1S/C16H22FNO/c17-16-4-2-1-3-14(16)12-18(11-13-5-6-13)15-7-9-19-10-8-15/h1-4,13,15H,5-12H2. The minimum atomic E-state index is -0.0737. The molecule has 1 aromatic rings. The summed E-state index contributed by atoms with van der Waals surface area (Å²) in [4.78, 5) is 2.48. The van der Waals surface area contributed by atoms with E-state index < -0.39 is 0 Å². The van der Waals surface area contributed by atoms with E-state index >= 15 is 0 Å². The average Bonchev–Trinajstić information content (AvgIpc) is 3.25. The summed E-state index contributed by atoms with van der Waals surface area (Å²) in [5.74, 6) is 0.768. The molecule has 1 saturated carbocycles. The van der Waals surface area contributed by atoms with Gasteiger partial charge in [0.15, 0.2) is 0 Å². The van der Waals surface area contributed by atoms with Gasteiger partial charge in [0.2, 0.25) is 0 Å². The van der Waals surface area contributed by atoms with Gasteiger partial charge in [0, 0.05) is 37.9 Å². The van der Waals surface area contributed by atoms with Crippen LogP contribution in [-0.4, -0.2) is 30.7 Å². The summed E-state index contributed by atoms with van der Waals surface area (Å²) < 4.78 is 19.3. The van der Waals surface area contributed by atoms with Gasteiger partial charge in [-0.3, -0.25) is 4.90 Å². The van der Waals surface area contributed by atoms with Crippen molar-refractivity contribution in [3.8, 4) is 0 Å². The summed E-state index contributed by atoms with van der Waals surface area (Å²) in [5, 5.41) is 0. The first-order valence-electron chi connectivity index (χ1n) is 7.38. The van der Waals surface area contributed by atoms with Crippen LogP contribution in [0.2, 0.25) is 0 Å². The van der Waals surface area contributed by atoms with Crippen LogP contribution in [0.25, 0.3) is 0 Å². The first kappa shape index (κ1) is 13.1. The van der Waals surface area contributed by atoms with Crippen molar-refractivity contribution < 1.29 is 9.13 Å². The van der Waals surface area contributed by atoms with Crippen molar-refractivity contribution in [1.82, 2.24) is 4.90 Å². The van der Waals surface area contributed by atoms with Gasteiger partial charge in [-0.1, -0.05) is 18.2 Å². The van der Waals surface area contributed by atoms with Crippen LogP contribution in [0.1, 0.15) is 31.2 Å². The molecule has 0 unspecified atom stereocenters. The molecule has 1 heterocycles. The molecule has 1 aromatic carbocycles. The van der Waals surface area contributed by atoms with Gasteiger partial charge >= 0.3 is 0 Å². The van der Waals surface area contributed by atoms with Gasteiger partial charge < -0.3 is 4.74 Å². The molecule has 0 N–H and O–H groups in total. The summed E-state index contributed by atoms with van der Waals surface area (Å²) in [7, 11) is 0. The highest BCUT2D eigenvalue weighted by Crippen LogP contribution is 2.32. The molecule has 2 aliphatic rings. The van der Waals surface area contributed by atoms with Crippen LogP contribution >= 0.6 is 0 Å². The molecule has 0 aromatic heterocycles. The van der Waals surface area contributed by atoms with Gasteiger partial charge in [-0.2, -0.15) is 0 Å². The third kappa shape index (κ3) is 3.54. The SMILES string of the molecule is Fc1ccccc1CN(CC1CC1)C1CCOCC1. The van der Waals surface area contributed by atoms with Crippen LogP contribution in [0.15, 0.2) is 24.3 Å². The third-order valence-electron chi connectivity index (χ3n) is 4.23. The Morgan fingerprint density at radius 1 is 1.11 bits per heavy atom. The Bertz CT molecular complexity index is 413. The monoisotopic (exact) mass is 263 g/mol. The predicted octanol–water partition coefficient (Wildman–Crippen LogP) is 3.22. The molecule has 2 nitrogen and oxygen atoms in total. The van der Waals surface area contributed by atoms with E-state index in [1.165, 1.54) is 12.8 Å². The normalized spacial score (nSPS) is 20.9. The Labute approximate surface area is 114 Å². The van der Waals surface area contributed by atoms with Gasteiger partial charge in [0.1, 0.15) is 5.82 Å². The number of hydrogen-bond acceptors (Lipinski definition) is 2. The van der Waals surface area contributed by atoms with Crippen molar-refractivity contribution in [2.75, 3.05) is 19.8 Å². The lowest BCUT2D eigenvalue weighted by Crippen LogP contribution is -2.40. The molecule has 1 aliphatic carbocycles. The van der Waals surface area contributed by atoms with Crippen LogP contribution in [-0.2, 0) is 11.3 Å². The Kier molecular flexibility index (Phi) is 4.14. The molecule has 3 rings (SSSR count). The molecule has 2 fully saturated rings. The highest BCUT2D eigenvalue weighted by atomic mass is 19.1. The summed E-state index contributed by atoms with van der Waals surface area (Å²) >= 11 is 0. The third-order valence-corrected chi connectivity index (χ3v) is 4.23. The number of nitrogens with zero attached hydrogens (tertiary/aromatic N) is 1. The van der Waals surface area contributed by atoms with E-state index in [2.05, 4.69) is 4.90 Å². The fourth-order valence-electron chi connectivity index (χ4n) is 2.87. The van der Waals surface area contributed by atoms with Crippen molar-refractivity contribution in [3.05, 3.63) is 35.6 Å². The van der Waals surface area contributed by atoms with Crippen molar-refractivity contribution in [1.29, 1.82) is 0 Å². The molecule has 104 valence electrons. The van der Waals surface area contributed by atoms with Gasteiger partial charge in [0.25, 0.3) is 0 Å². The second kappa shape index (κ2) is 6.02.